The molecule has 1 N–H and O–H groups in total. The fourth-order valence-corrected chi connectivity index (χ4v) is 2.21. The molecule has 1 aromatic carbocycles. The van der Waals surface area contributed by atoms with Crippen LogP contribution in [0.2, 0.25) is 0 Å². The van der Waals surface area contributed by atoms with Crippen molar-refractivity contribution in [3.05, 3.63) is 29.8 Å². The summed E-state index contributed by atoms with van der Waals surface area (Å²) in [6.45, 7) is 8.26. The van der Waals surface area contributed by atoms with Crippen molar-refractivity contribution in [2.24, 2.45) is 0 Å². The van der Waals surface area contributed by atoms with Crippen LogP contribution in [-0.4, -0.2) is 43.0 Å². The molecule has 122 valence electrons. The smallest absolute Gasteiger partial charge is 0.255 e. The van der Waals surface area contributed by atoms with Crippen molar-refractivity contribution in [2.45, 2.75) is 33.6 Å². The molecule has 5 nitrogen and oxygen atoms in total. The Morgan fingerprint density at radius 3 is 2.45 bits per heavy atom. The summed E-state index contributed by atoms with van der Waals surface area (Å²) in [7, 11) is 0. The van der Waals surface area contributed by atoms with E-state index in [2.05, 4.69) is 5.32 Å². The van der Waals surface area contributed by atoms with Gasteiger partial charge in [-0.05, 0) is 39.3 Å². The molecular formula is C17H26N2O3. The van der Waals surface area contributed by atoms with Crippen molar-refractivity contribution in [3.63, 3.8) is 0 Å². The molecular weight excluding hydrogens is 280 g/mol. The number of nitrogens with zero attached hydrogens (tertiary/aromatic N) is 1. The molecule has 0 fully saturated rings. The van der Waals surface area contributed by atoms with Gasteiger partial charge in [-0.2, -0.15) is 0 Å². The Balaban J connectivity index is 2.42. The van der Waals surface area contributed by atoms with E-state index in [0.29, 0.717) is 37.3 Å². The van der Waals surface area contributed by atoms with Crippen molar-refractivity contribution in [3.8, 4) is 5.75 Å². The number of rotatable bonds is 9. The highest BCUT2D eigenvalue weighted by molar-refractivity contribution is 5.96. The minimum atomic E-state index is -0.167. The van der Waals surface area contributed by atoms with E-state index < -0.39 is 0 Å². The zero-order chi connectivity index (χ0) is 16.4. The Hall–Kier alpha value is -2.04. The molecule has 0 aliphatic carbocycles. The van der Waals surface area contributed by atoms with Gasteiger partial charge in [0.25, 0.3) is 5.91 Å². The lowest BCUT2D eigenvalue weighted by molar-refractivity contribution is -0.130. The number of amides is 2. The van der Waals surface area contributed by atoms with Crippen LogP contribution in [0.3, 0.4) is 0 Å². The van der Waals surface area contributed by atoms with E-state index in [4.69, 9.17) is 4.74 Å². The summed E-state index contributed by atoms with van der Waals surface area (Å²) in [6, 6.07) is 7.16. The van der Waals surface area contributed by atoms with E-state index in [-0.39, 0.29) is 11.8 Å². The van der Waals surface area contributed by atoms with Crippen molar-refractivity contribution in [1.82, 2.24) is 10.2 Å². The lowest BCUT2D eigenvalue weighted by Gasteiger charge is -2.18. The van der Waals surface area contributed by atoms with E-state index >= 15 is 0 Å². The Labute approximate surface area is 132 Å². The number of ether oxygens (including phenoxy) is 1. The van der Waals surface area contributed by atoms with Crippen LogP contribution in [0, 0.1) is 0 Å². The van der Waals surface area contributed by atoms with Crippen molar-refractivity contribution >= 4 is 11.8 Å². The second-order valence-corrected chi connectivity index (χ2v) is 4.85. The molecule has 2 amide bonds. The molecule has 0 spiro atoms. The van der Waals surface area contributed by atoms with Gasteiger partial charge in [-0.1, -0.05) is 12.1 Å². The number of para-hydroxylation sites is 1. The Bertz CT molecular complexity index is 485. The maximum Gasteiger partial charge on any atom is 0.255 e. The van der Waals surface area contributed by atoms with Gasteiger partial charge in [0, 0.05) is 26.1 Å². The number of hydrogen-bond acceptors (Lipinski definition) is 3. The molecule has 1 aromatic rings. The standard InChI is InChI=1S/C17H26N2O3/c1-4-19(5-2)16(20)12-9-13-18-17(21)14-10-7-8-11-15(14)22-6-3/h7-8,10-11H,4-6,9,12-13H2,1-3H3,(H,18,21). The first kappa shape index (κ1) is 18.0. The van der Waals surface area contributed by atoms with Gasteiger partial charge in [-0.25, -0.2) is 0 Å². The fourth-order valence-electron chi connectivity index (χ4n) is 2.21. The lowest BCUT2D eigenvalue weighted by atomic mass is 10.2. The van der Waals surface area contributed by atoms with Gasteiger partial charge in [0.05, 0.1) is 12.2 Å². The molecule has 0 aromatic heterocycles. The summed E-state index contributed by atoms with van der Waals surface area (Å²) in [5.41, 5.74) is 0.527. The zero-order valence-corrected chi connectivity index (χ0v) is 13.7. The summed E-state index contributed by atoms with van der Waals surface area (Å²) < 4.78 is 5.44. The summed E-state index contributed by atoms with van der Waals surface area (Å²) in [4.78, 5) is 25.8. The third-order valence-electron chi connectivity index (χ3n) is 3.40. The molecule has 0 atom stereocenters. The van der Waals surface area contributed by atoms with Crippen LogP contribution in [0.1, 0.15) is 44.0 Å². The van der Waals surface area contributed by atoms with Gasteiger partial charge in [0.15, 0.2) is 0 Å². The van der Waals surface area contributed by atoms with Gasteiger partial charge in [0.2, 0.25) is 5.91 Å². The average Bonchev–Trinajstić information content (AvgIpc) is 2.53. The Morgan fingerprint density at radius 2 is 1.82 bits per heavy atom. The number of carbonyl (C=O) groups is 2. The molecule has 0 aliphatic rings. The maximum atomic E-state index is 12.1. The van der Waals surface area contributed by atoms with Crippen LogP contribution >= 0.6 is 0 Å². The van der Waals surface area contributed by atoms with Crippen molar-refractivity contribution in [1.29, 1.82) is 0 Å². The van der Waals surface area contributed by atoms with Crippen LogP contribution in [0.15, 0.2) is 24.3 Å². The van der Waals surface area contributed by atoms with Gasteiger partial charge in [-0.15, -0.1) is 0 Å². The van der Waals surface area contributed by atoms with Gasteiger partial charge in [0.1, 0.15) is 5.75 Å². The number of hydrogen-bond donors (Lipinski definition) is 1. The number of carbonyl (C=O) groups excluding carboxylic acids is 2. The summed E-state index contributed by atoms with van der Waals surface area (Å²) in [6.07, 6.45) is 1.09. The van der Waals surface area contributed by atoms with E-state index in [0.717, 1.165) is 13.1 Å². The van der Waals surface area contributed by atoms with Crippen LogP contribution in [0.5, 0.6) is 5.75 Å². The first-order chi connectivity index (χ1) is 10.6. The molecule has 22 heavy (non-hydrogen) atoms. The van der Waals surface area contributed by atoms with Crippen LogP contribution in [-0.2, 0) is 4.79 Å². The van der Waals surface area contributed by atoms with Crippen molar-refractivity contribution < 1.29 is 14.3 Å². The molecule has 1 rings (SSSR count). The largest absolute Gasteiger partial charge is 0.493 e. The molecule has 0 unspecified atom stereocenters. The number of benzene rings is 1. The molecule has 0 bridgehead atoms. The minimum Gasteiger partial charge on any atom is -0.493 e. The molecule has 0 heterocycles. The minimum absolute atomic E-state index is 0.133. The highest BCUT2D eigenvalue weighted by Crippen LogP contribution is 2.17. The quantitative estimate of drug-likeness (QED) is 0.713. The predicted molar refractivity (Wildman–Crippen MR) is 87.1 cm³/mol. The normalized spacial score (nSPS) is 10.1. The molecule has 5 heteroatoms. The van der Waals surface area contributed by atoms with Gasteiger partial charge < -0.3 is 15.0 Å². The lowest BCUT2D eigenvalue weighted by Crippen LogP contribution is -2.31. The highest BCUT2D eigenvalue weighted by atomic mass is 16.5. The summed E-state index contributed by atoms with van der Waals surface area (Å²) in [5.74, 6) is 0.551. The summed E-state index contributed by atoms with van der Waals surface area (Å²) in [5, 5.41) is 2.84. The second kappa shape index (κ2) is 9.82. The van der Waals surface area contributed by atoms with Crippen LogP contribution < -0.4 is 10.1 Å². The fraction of sp³-hybridized carbons (Fsp3) is 0.529. The Morgan fingerprint density at radius 1 is 1.14 bits per heavy atom. The Kier molecular flexibility index (Phi) is 8.04. The zero-order valence-electron chi connectivity index (χ0n) is 13.7. The average molecular weight is 306 g/mol. The van der Waals surface area contributed by atoms with E-state index in [1.54, 1.807) is 23.1 Å². The predicted octanol–water partition coefficient (Wildman–Crippen LogP) is 2.46. The van der Waals surface area contributed by atoms with Crippen molar-refractivity contribution in [2.75, 3.05) is 26.2 Å². The van der Waals surface area contributed by atoms with Gasteiger partial charge >= 0.3 is 0 Å². The topological polar surface area (TPSA) is 58.6 Å². The molecule has 0 saturated carbocycles. The highest BCUT2D eigenvalue weighted by Gasteiger charge is 2.12. The molecule has 0 saturated heterocycles. The monoisotopic (exact) mass is 306 g/mol. The first-order valence-electron chi connectivity index (χ1n) is 7.91. The second-order valence-electron chi connectivity index (χ2n) is 4.85. The number of nitrogens with one attached hydrogen (secondary N) is 1. The molecule has 0 aliphatic heterocycles. The van der Waals surface area contributed by atoms with E-state index in [9.17, 15) is 9.59 Å². The SMILES string of the molecule is CCOc1ccccc1C(=O)NCCCC(=O)N(CC)CC. The summed E-state index contributed by atoms with van der Waals surface area (Å²) >= 11 is 0. The molecule has 0 radical (unpaired) electrons. The maximum absolute atomic E-state index is 12.1. The third kappa shape index (κ3) is 5.39. The van der Waals surface area contributed by atoms with Crippen LogP contribution in [0.4, 0.5) is 0 Å². The van der Waals surface area contributed by atoms with Gasteiger partial charge in [-0.3, -0.25) is 9.59 Å². The van der Waals surface area contributed by atoms with E-state index in [1.807, 2.05) is 26.8 Å². The first-order valence-corrected chi connectivity index (χ1v) is 7.91. The van der Waals surface area contributed by atoms with Crippen LogP contribution in [0.25, 0.3) is 0 Å². The van der Waals surface area contributed by atoms with E-state index in [1.165, 1.54) is 0 Å². The third-order valence-corrected chi connectivity index (χ3v) is 3.40.